The van der Waals surface area contributed by atoms with Gasteiger partial charge in [0.05, 0.1) is 17.2 Å². The second kappa shape index (κ2) is 7.31. The molecule has 1 fully saturated rings. The summed E-state index contributed by atoms with van der Waals surface area (Å²) in [7, 11) is 0. The molecular formula is C28H27ClN4O2. The Kier molecular flexibility index (Phi) is 4.62. The number of carbonyl (C=O) groups is 2. The number of aliphatic imine (C=N–C) groups is 1. The van der Waals surface area contributed by atoms with Gasteiger partial charge in [-0.1, -0.05) is 79.6 Å². The minimum atomic E-state index is -0.657. The molecule has 0 saturated carbocycles. The summed E-state index contributed by atoms with van der Waals surface area (Å²) in [5, 5.41) is 3.72. The van der Waals surface area contributed by atoms with E-state index in [0.717, 1.165) is 28.1 Å². The Morgan fingerprint density at radius 3 is 2.49 bits per heavy atom. The van der Waals surface area contributed by atoms with Crippen molar-refractivity contribution in [2.45, 2.75) is 39.8 Å². The number of nitrogens with zero attached hydrogens (tertiary/aromatic N) is 3. The number of carbonyl (C=O) groups excluding carboxylic acids is 2. The number of urea groups is 1. The smallest absolute Gasteiger partial charge is 0.326 e. The van der Waals surface area contributed by atoms with Crippen molar-refractivity contribution in [1.82, 2.24) is 15.1 Å². The molecule has 3 atom stereocenters. The Morgan fingerprint density at radius 2 is 1.77 bits per heavy atom. The van der Waals surface area contributed by atoms with E-state index in [1.165, 1.54) is 0 Å². The third kappa shape index (κ3) is 3.12. The first-order valence-corrected chi connectivity index (χ1v) is 12.2. The molecule has 1 N–H and O–H groups in total. The van der Waals surface area contributed by atoms with Crippen LogP contribution in [0.25, 0.3) is 0 Å². The minimum Gasteiger partial charge on any atom is -0.326 e. The van der Waals surface area contributed by atoms with Crippen LogP contribution in [0.5, 0.6) is 0 Å². The van der Waals surface area contributed by atoms with Crippen molar-refractivity contribution in [3.8, 4) is 0 Å². The number of rotatable bonds is 2. The SMILES string of the molecule is Cc1cccc(C2C(c3ccc(Cl)cc3)N=C3N2C(=O)N2CC(=O)NC4=C2C3(C)C=CC4(C)C)c1. The highest BCUT2D eigenvalue weighted by molar-refractivity contribution is 6.30. The van der Waals surface area contributed by atoms with Crippen molar-refractivity contribution >= 4 is 29.4 Å². The monoisotopic (exact) mass is 486 g/mol. The number of nitrogens with one attached hydrogen (secondary N) is 1. The molecule has 178 valence electrons. The normalized spacial score (nSPS) is 28.5. The van der Waals surface area contributed by atoms with Gasteiger partial charge in [-0.05, 0) is 37.1 Å². The summed E-state index contributed by atoms with van der Waals surface area (Å²) in [5.74, 6) is 0.532. The zero-order valence-electron chi connectivity index (χ0n) is 20.2. The zero-order chi connectivity index (χ0) is 24.7. The maximum absolute atomic E-state index is 14.2. The number of amides is 3. The molecule has 0 spiro atoms. The first-order valence-electron chi connectivity index (χ1n) is 11.9. The quantitative estimate of drug-likeness (QED) is 0.567. The second-order valence-corrected chi connectivity index (χ2v) is 11.0. The van der Waals surface area contributed by atoms with Gasteiger partial charge in [-0.15, -0.1) is 0 Å². The molecule has 7 heteroatoms. The van der Waals surface area contributed by atoms with E-state index in [-0.39, 0.29) is 30.6 Å². The molecule has 0 bridgehead atoms. The van der Waals surface area contributed by atoms with Crippen LogP contribution in [0.15, 0.2) is 77.1 Å². The van der Waals surface area contributed by atoms with Crippen LogP contribution in [-0.2, 0) is 4.79 Å². The Morgan fingerprint density at radius 1 is 1.03 bits per heavy atom. The predicted octanol–water partition coefficient (Wildman–Crippen LogP) is 5.52. The van der Waals surface area contributed by atoms with Gasteiger partial charge in [0.1, 0.15) is 18.4 Å². The lowest BCUT2D eigenvalue weighted by Crippen LogP contribution is -2.64. The van der Waals surface area contributed by atoms with Crippen molar-refractivity contribution in [3.05, 3.63) is 93.8 Å². The molecule has 35 heavy (non-hydrogen) atoms. The van der Waals surface area contributed by atoms with Gasteiger partial charge in [0.25, 0.3) is 0 Å². The molecule has 4 aliphatic rings. The van der Waals surface area contributed by atoms with Crippen LogP contribution < -0.4 is 5.32 Å². The lowest BCUT2D eigenvalue weighted by Gasteiger charge is -2.53. The number of hydrogen-bond donors (Lipinski definition) is 1. The Balaban J connectivity index is 1.59. The number of halogens is 1. The molecule has 1 aliphatic carbocycles. The van der Waals surface area contributed by atoms with Crippen LogP contribution in [0.4, 0.5) is 4.79 Å². The van der Waals surface area contributed by atoms with E-state index in [4.69, 9.17) is 16.6 Å². The third-order valence-corrected chi connectivity index (χ3v) is 7.86. The van der Waals surface area contributed by atoms with Gasteiger partial charge in [-0.3, -0.25) is 19.6 Å². The van der Waals surface area contributed by atoms with Gasteiger partial charge in [0.2, 0.25) is 5.91 Å². The number of hydrogen-bond acceptors (Lipinski definition) is 3. The van der Waals surface area contributed by atoms with Crippen LogP contribution in [0, 0.1) is 17.8 Å². The molecule has 3 aliphatic heterocycles. The molecule has 3 unspecified atom stereocenters. The summed E-state index contributed by atoms with van der Waals surface area (Å²) < 4.78 is 0. The second-order valence-electron chi connectivity index (χ2n) is 10.6. The van der Waals surface area contributed by atoms with Crippen molar-refractivity contribution in [1.29, 1.82) is 0 Å². The van der Waals surface area contributed by atoms with Crippen LogP contribution in [0.1, 0.15) is 49.5 Å². The fraction of sp³-hybridized carbons (Fsp3) is 0.321. The Bertz CT molecular complexity index is 1370. The van der Waals surface area contributed by atoms with Crippen molar-refractivity contribution in [2.75, 3.05) is 6.54 Å². The molecule has 0 aromatic heterocycles. The van der Waals surface area contributed by atoms with Crippen LogP contribution in [0.2, 0.25) is 5.02 Å². The van der Waals surface area contributed by atoms with Gasteiger partial charge in [-0.25, -0.2) is 4.79 Å². The first-order chi connectivity index (χ1) is 16.6. The molecule has 3 heterocycles. The third-order valence-electron chi connectivity index (χ3n) is 7.61. The van der Waals surface area contributed by atoms with E-state index >= 15 is 0 Å². The number of fused-ring (bicyclic) bond motifs is 2. The molecule has 6 nitrogen and oxygen atoms in total. The van der Waals surface area contributed by atoms with E-state index < -0.39 is 10.8 Å². The highest BCUT2D eigenvalue weighted by atomic mass is 35.5. The van der Waals surface area contributed by atoms with Gasteiger partial charge in [-0.2, -0.15) is 0 Å². The van der Waals surface area contributed by atoms with Crippen LogP contribution in [-0.4, -0.2) is 34.1 Å². The summed E-state index contributed by atoms with van der Waals surface area (Å²) in [6, 6.07) is 15.1. The largest absolute Gasteiger partial charge is 0.330 e. The summed E-state index contributed by atoms with van der Waals surface area (Å²) in [6.45, 7) is 8.23. The highest BCUT2D eigenvalue weighted by Gasteiger charge is 2.59. The predicted molar refractivity (Wildman–Crippen MR) is 136 cm³/mol. The van der Waals surface area contributed by atoms with Gasteiger partial charge in [0.15, 0.2) is 0 Å². The molecule has 6 rings (SSSR count). The van der Waals surface area contributed by atoms with Crippen molar-refractivity contribution < 1.29 is 9.59 Å². The van der Waals surface area contributed by atoms with E-state index in [1.54, 1.807) is 4.90 Å². The fourth-order valence-corrected chi connectivity index (χ4v) is 5.97. The molecular weight excluding hydrogens is 460 g/mol. The summed E-state index contributed by atoms with van der Waals surface area (Å²) >= 11 is 6.19. The van der Waals surface area contributed by atoms with Gasteiger partial charge in [0, 0.05) is 16.1 Å². The lowest BCUT2D eigenvalue weighted by molar-refractivity contribution is -0.122. The summed E-state index contributed by atoms with van der Waals surface area (Å²) in [6.07, 6.45) is 4.26. The number of amidine groups is 1. The number of aryl methyl sites for hydroxylation is 1. The maximum Gasteiger partial charge on any atom is 0.330 e. The average molecular weight is 487 g/mol. The lowest BCUT2D eigenvalue weighted by atomic mass is 9.69. The van der Waals surface area contributed by atoms with E-state index in [9.17, 15) is 9.59 Å². The average Bonchev–Trinajstić information content (AvgIpc) is 3.23. The van der Waals surface area contributed by atoms with E-state index in [0.29, 0.717) is 10.9 Å². The summed E-state index contributed by atoms with van der Waals surface area (Å²) in [4.78, 5) is 35.6. The topological polar surface area (TPSA) is 65.0 Å². The van der Waals surface area contributed by atoms with Gasteiger partial charge >= 0.3 is 6.03 Å². The number of allylic oxidation sites excluding steroid dienone is 1. The molecule has 2 aromatic carbocycles. The Labute approximate surface area is 210 Å². The standard InChI is InChI=1S/C28H27ClN4O2/c1-16-6-5-7-18(14-16)22-21(17-8-10-19(29)11-9-17)31-25-28(4)13-12-27(2,3)23-24(28)32(15-20(34)30-23)26(35)33(22)25/h5-14,21-22H,15H2,1-4H3,(H,30,34). The Hall–Kier alpha value is -3.38. The maximum atomic E-state index is 14.2. The van der Waals surface area contributed by atoms with E-state index in [1.807, 2.05) is 54.3 Å². The number of benzene rings is 2. The highest BCUT2D eigenvalue weighted by Crippen LogP contribution is 2.55. The van der Waals surface area contributed by atoms with E-state index in [2.05, 4.69) is 44.3 Å². The molecule has 2 aromatic rings. The molecule has 1 saturated heterocycles. The fourth-order valence-electron chi connectivity index (χ4n) is 5.85. The molecule has 0 radical (unpaired) electrons. The van der Waals surface area contributed by atoms with Crippen molar-refractivity contribution in [3.63, 3.8) is 0 Å². The van der Waals surface area contributed by atoms with Crippen LogP contribution in [0.3, 0.4) is 0 Å². The first kappa shape index (κ1) is 22.1. The molecule has 3 amide bonds. The van der Waals surface area contributed by atoms with Crippen molar-refractivity contribution in [2.24, 2.45) is 15.8 Å². The van der Waals surface area contributed by atoms with Gasteiger partial charge < -0.3 is 5.32 Å². The minimum absolute atomic E-state index is 0.00684. The summed E-state index contributed by atoms with van der Waals surface area (Å²) in [5.41, 5.74) is 3.64. The van der Waals surface area contributed by atoms with Crippen LogP contribution >= 0.6 is 11.6 Å². The zero-order valence-corrected chi connectivity index (χ0v) is 20.9.